The third kappa shape index (κ3) is 1.58. The molecule has 0 amide bonds. The first-order chi connectivity index (χ1) is 8.16. The van der Waals surface area contributed by atoms with Gasteiger partial charge in [-0.3, -0.25) is 9.59 Å². The Morgan fingerprint density at radius 3 is 2.82 bits per heavy atom. The molecule has 0 atom stereocenters. The predicted molar refractivity (Wildman–Crippen MR) is 64.8 cm³/mol. The van der Waals surface area contributed by atoms with Crippen molar-refractivity contribution in [3.05, 3.63) is 44.8 Å². The summed E-state index contributed by atoms with van der Waals surface area (Å²) in [7, 11) is 0. The van der Waals surface area contributed by atoms with Crippen molar-refractivity contribution in [3.8, 4) is 0 Å². The largest absolute Gasteiger partial charge is 0.460 e. The summed E-state index contributed by atoms with van der Waals surface area (Å²) < 4.78 is 5.61. The predicted octanol–water partition coefficient (Wildman–Crippen LogP) is 2.97. The van der Waals surface area contributed by atoms with Crippen LogP contribution in [-0.4, -0.2) is 5.78 Å². The van der Waals surface area contributed by atoms with Gasteiger partial charge in [-0.25, -0.2) is 0 Å². The molecule has 0 bridgehead atoms. The number of rotatable bonds is 0. The Hall–Kier alpha value is -1.61. The van der Waals surface area contributed by atoms with Crippen LogP contribution in [0.2, 0.25) is 5.02 Å². The van der Waals surface area contributed by atoms with Gasteiger partial charge in [0.2, 0.25) is 5.43 Å². The Kier molecular flexibility index (Phi) is 2.30. The lowest BCUT2D eigenvalue weighted by Crippen LogP contribution is -2.22. The maximum Gasteiger partial charge on any atom is 0.203 e. The van der Waals surface area contributed by atoms with Gasteiger partial charge in [-0.1, -0.05) is 11.6 Å². The van der Waals surface area contributed by atoms with Crippen molar-refractivity contribution in [1.82, 2.24) is 0 Å². The van der Waals surface area contributed by atoms with E-state index in [1.165, 1.54) is 0 Å². The number of fused-ring (bicyclic) bond motifs is 2. The average Bonchev–Trinajstić information content (AvgIpc) is 2.28. The van der Waals surface area contributed by atoms with Gasteiger partial charge in [0.15, 0.2) is 5.78 Å². The Labute approximate surface area is 102 Å². The molecule has 1 aromatic carbocycles. The second-order valence-corrected chi connectivity index (χ2v) is 4.58. The first-order valence-electron chi connectivity index (χ1n) is 5.45. The molecule has 2 aromatic rings. The summed E-state index contributed by atoms with van der Waals surface area (Å²) in [5.41, 5.74) is 0.449. The van der Waals surface area contributed by atoms with E-state index in [2.05, 4.69) is 0 Å². The van der Waals surface area contributed by atoms with Gasteiger partial charge < -0.3 is 4.42 Å². The van der Waals surface area contributed by atoms with Crippen molar-refractivity contribution in [2.45, 2.75) is 19.3 Å². The molecule has 4 heteroatoms. The molecular weight excluding hydrogens is 240 g/mol. The highest BCUT2D eigenvalue weighted by molar-refractivity contribution is 6.31. The number of benzene rings is 1. The fourth-order valence-electron chi connectivity index (χ4n) is 2.21. The second kappa shape index (κ2) is 3.70. The van der Waals surface area contributed by atoms with Crippen LogP contribution in [0.25, 0.3) is 11.0 Å². The Bertz CT molecular complexity index is 685. The van der Waals surface area contributed by atoms with E-state index < -0.39 is 0 Å². The second-order valence-electron chi connectivity index (χ2n) is 4.15. The molecule has 1 aliphatic carbocycles. The van der Waals surface area contributed by atoms with Crippen LogP contribution < -0.4 is 5.43 Å². The van der Waals surface area contributed by atoms with E-state index in [4.69, 9.17) is 16.0 Å². The number of carbonyl (C=O) groups is 1. The summed E-state index contributed by atoms with van der Waals surface area (Å²) in [4.78, 5) is 23.9. The molecule has 0 spiro atoms. The summed E-state index contributed by atoms with van der Waals surface area (Å²) in [6.45, 7) is 0. The molecule has 0 saturated carbocycles. The van der Waals surface area contributed by atoms with Gasteiger partial charge in [-0.15, -0.1) is 0 Å². The topological polar surface area (TPSA) is 47.3 Å². The molecule has 17 heavy (non-hydrogen) atoms. The van der Waals surface area contributed by atoms with E-state index >= 15 is 0 Å². The van der Waals surface area contributed by atoms with Crippen molar-refractivity contribution >= 4 is 28.4 Å². The van der Waals surface area contributed by atoms with Gasteiger partial charge in [0.05, 0.1) is 5.39 Å². The van der Waals surface area contributed by atoms with Gasteiger partial charge in [-0.05, 0) is 18.6 Å². The van der Waals surface area contributed by atoms with E-state index in [0.29, 0.717) is 34.6 Å². The fourth-order valence-corrected chi connectivity index (χ4v) is 2.37. The van der Waals surface area contributed by atoms with E-state index in [1.807, 2.05) is 0 Å². The van der Waals surface area contributed by atoms with Crippen LogP contribution in [0.1, 0.15) is 29.0 Å². The van der Waals surface area contributed by atoms with Gasteiger partial charge in [0, 0.05) is 23.9 Å². The molecule has 0 radical (unpaired) electrons. The first-order valence-corrected chi connectivity index (χ1v) is 5.83. The molecule has 0 unspecified atom stereocenters. The minimum absolute atomic E-state index is 0.114. The molecule has 0 saturated heterocycles. The van der Waals surface area contributed by atoms with E-state index in [1.54, 1.807) is 18.2 Å². The Morgan fingerprint density at radius 1 is 1.18 bits per heavy atom. The van der Waals surface area contributed by atoms with Crippen molar-refractivity contribution in [2.24, 2.45) is 0 Å². The van der Waals surface area contributed by atoms with Crippen LogP contribution in [0.3, 0.4) is 0 Å². The number of aryl methyl sites for hydroxylation is 1. The molecule has 3 rings (SSSR count). The highest BCUT2D eigenvalue weighted by Gasteiger charge is 2.24. The summed E-state index contributed by atoms with van der Waals surface area (Å²) >= 11 is 5.85. The van der Waals surface area contributed by atoms with Crippen LogP contribution in [0.4, 0.5) is 0 Å². The standard InChI is InChI=1S/C13H9ClO3/c14-7-4-5-8-11(6-7)17-10-3-1-2-9(15)12(10)13(8)16/h4-6H,1-3H2. The molecule has 0 fully saturated rings. The van der Waals surface area contributed by atoms with Crippen molar-refractivity contribution < 1.29 is 9.21 Å². The highest BCUT2D eigenvalue weighted by Crippen LogP contribution is 2.24. The monoisotopic (exact) mass is 248 g/mol. The van der Waals surface area contributed by atoms with Crippen LogP contribution >= 0.6 is 11.6 Å². The summed E-state index contributed by atoms with van der Waals surface area (Å²) in [6, 6.07) is 4.84. The molecule has 1 heterocycles. The quantitative estimate of drug-likeness (QED) is 0.720. The maximum absolute atomic E-state index is 12.2. The number of halogens is 1. The number of carbonyl (C=O) groups excluding carboxylic acids is 1. The molecule has 1 aliphatic rings. The van der Waals surface area contributed by atoms with Crippen molar-refractivity contribution in [2.75, 3.05) is 0 Å². The lowest BCUT2D eigenvalue weighted by Gasteiger charge is -2.13. The molecular formula is C13H9ClO3. The maximum atomic E-state index is 12.2. The van der Waals surface area contributed by atoms with Crippen LogP contribution in [0, 0.1) is 0 Å². The zero-order valence-electron chi connectivity index (χ0n) is 8.96. The average molecular weight is 249 g/mol. The number of Topliss-reactive ketones (excluding diaryl/α,β-unsaturated/α-hetero) is 1. The van der Waals surface area contributed by atoms with Crippen molar-refractivity contribution in [1.29, 1.82) is 0 Å². The zero-order chi connectivity index (χ0) is 12.0. The van der Waals surface area contributed by atoms with E-state index in [0.717, 1.165) is 6.42 Å². The smallest absolute Gasteiger partial charge is 0.203 e. The lowest BCUT2D eigenvalue weighted by molar-refractivity contribution is 0.0966. The van der Waals surface area contributed by atoms with Crippen LogP contribution in [0.15, 0.2) is 27.4 Å². The van der Waals surface area contributed by atoms with Gasteiger partial charge in [0.1, 0.15) is 16.9 Å². The van der Waals surface area contributed by atoms with Gasteiger partial charge in [-0.2, -0.15) is 0 Å². The van der Waals surface area contributed by atoms with Crippen LogP contribution in [-0.2, 0) is 6.42 Å². The van der Waals surface area contributed by atoms with Crippen LogP contribution in [0.5, 0.6) is 0 Å². The molecule has 1 aromatic heterocycles. The molecule has 86 valence electrons. The SMILES string of the molecule is O=C1CCCc2oc3cc(Cl)ccc3c(=O)c21. The lowest BCUT2D eigenvalue weighted by atomic mass is 9.94. The van der Waals surface area contributed by atoms with E-state index in [9.17, 15) is 9.59 Å². The zero-order valence-corrected chi connectivity index (χ0v) is 9.71. The van der Waals surface area contributed by atoms with Crippen molar-refractivity contribution in [3.63, 3.8) is 0 Å². The summed E-state index contributed by atoms with van der Waals surface area (Å²) in [5.74, 6) is 0.387. The summed E-state index contributed by atoms with van der Waals surface area (Å²) in [5, 5.41) is 0.936. The Morgan fingerprint density at radius 2 is 2.00 bits per heavy atom. The third-order valence-corrected chi connectivity index (χ3v) is 3.25. The molecule has 3 nitrogen and oxygen atoms in total. The fraction of sp³-hybridized carbons (Fsp3) is 0.231. The highest BCUT2D eigenvalue weighted by atomic mass is 35.5. The number of ketones is 1. The molecule has 0 aliphatic heterocycles. The third-order valence-electron chi connectivity index (χ3n) is 3.01. The summed E-state index contributed by atoms with van der Waals surface area (Å²) in [6.07, 6.45) is 1.80. The first kappa shape index (κ1) is 10.5. The Balaban J connectivity index is 2.43. The van der Waals surface area contributed by atoms with Gasteiger partial charge in [0.25, 0.3) is 0 Å². The minimum Gasteiger partial charge on any atom is -0.460 e. The number of hydrogen-bond acceptors (Lipinski definition) is 3. The normalized spacial score (nSPS) is 15.0. The number of hydrogen-bond donors (Lipinski definition) is 0. The van der Waals surface area contributed by atoms with Gasteiger partial charge >= 0.3 is 0 Å². The minimum atomic E-state index is -0.234. The van der Waals surface area contributed by atoms with E-state index in [-0.39, 0.29) is 16.8 Å². The molecule has 0 N–H and O–H groups in total.